The molecular formula is C11H19N3O4. The molecule has 0 aromatic heterocycles. The molecule has 0 spiro atoms. The highest BCUT2D eigenvalue weighted by Crippen LogP contribution is 2.31. The average Bonchev–Trinajstić information content (AvgIpc) is 2.87. The number of amides is 3. The molecule has 0 aromatic carbocycles. The Bertz CT molecular complexity index is 329. The number of likely N-dealkylation sites (N-methyl/N-ethyl adjacent to an activating group) is 1. The van der Waals surface area contributed by atoms with Gasteiger partial charge in [0.05, 0.1) is 12.6 Å². The molecule has 7 nitrogen and oxygen atoms in total. The van der Waals surface area contributed by atoms with Crippen molar-refractivity contribution >= 4 is 11.9 Å². The van der Waals surface area contributed by atoms with Crippen LogP contribution in [0.25, 0.3) is 0 Å². The molecule has 2 heterocycles. The van der Waals surface area contributed by atoms with Crippen LogP contribution in [0, 0.1) is 5.92 Å². The number of ether oxygens (including phenoxy) is 1. The molecule has 2 aliphatic rings. The van der Waals surface area contributed by atoms with E-state index in [1.807, 2.05) is 0 Å². The molecule has 102 valence electrons. The number of hydrogen-bond donors (Lipinski definition) is 2. The van der Waals surface area contributed by atoms with E-state index in [0.717, 1.165) is 0 Å². The minimum absolute atomic E-state index is 0.0688. The first kappa shape index (κ1) is 13.1. The molecule has 0 bridgehead atoms. The molecule has 2 N–H and O–H groups in total. The lowest BCUT2D eigenvalue weighted by molar-refractivity contribution is -0.135. The third-order valence-electron chi connectivity index (χ3n) is 3.71. The average molecular weight is 257 g/mol. The molecule has 2 aliphatic heterocycles. The van der Waals surface area contributed by atoms with Crippen LogP contribution in [-0.2, 0) is 9.53 Å². The smallest absolute Gasteiger partial charge is 0.317 e. The maximum absolute atomic E-state index is 11.8. The van der Waals surface area contributed by atoms with Crippen molar-refractivity contribution in [2.75, 3.05) is 40.4 Å². The zero-order valence-corrected chi connectivity index (χ0v) is 10.6. The van der Waals surface area contributed by atoms with Crippen molar-refractivity contribution in [1.82, 2.24) is 15.1 Å². The second-order valence-corrected chi connectivity index (χ2v) is 4.75. The van der Waals surface area contributed by atoms with Gasteiger partial charge >= 0.3 is 6.03 Å². The maximum atomic E-state index is 11.8. The van der Waals surface area contributed by atoms with Crippen molar-refractivity contribution < 1.29 is 19.4 Å². The Morgan fingerprint density at radius 3 is 2.89 bits per heavy atom. The van der Waals surface area contributed by atoms with Crippen molar-refractivity contribution in [1.29, 1.82) is 0 Å². The number of aliphatic hydroxyl groups excluding tert-OH is 1. The highest BCUT2D eigenvalue weighted by molar-refractivity contribution is 5.85. The molecule has 0 aliphatic carbocycles. The topological polar surface area (TPSA) is 82.1 Å². The van der Waals surface area contributed by atoms with Crippen LogP contribution < -0.4 is 5.32 Å². The van der Waals surface area contributed by atoms with E-state index in [2.05, 4.69) is 5.32 Å². The zero-order chi connectivity index (χ0) is 13.3. The summed E-state index contributed by atoms with van der Waals surface area (Å²) < 4.78 is 4.85. The molecule has 3 amide bonds. The molecule has 2 fully saturated rings. The number of carbonyl (C=O) groups is 2. The Morgan fingerprint density at radius 2 is 2.28 bits per heavy atom. The van der Waals surface area contributed by atoms with E-state index >= 15 is 0 Å². The monoisotopic (exact) mass is 257 g/mol. The Hall–Kier alpha value is -1.34. The van der Waals surface area contributed by atoms with Crippen LogP contribution in [-0.4, -0.2) is 79.4 Å². The minimum atomic E-state index is -0.975. The predicted octanol–water partition coefficient (Wildman–Crippen LogP) is -1.52. The molecule has 2 saturated heterocycles. The molecule has 0 radical (unpaired) electrons. The number of hydrogen-bond acceptors (Lipinski definition) is 4. The lowest BCUT2D eigenvalue weighted by Gasteiger charge is -2.21. The Balaban J connectivity index is 1.89. The van der Waals surface area contributed by atoms with Gasteiger partial charge in [0.25, 0.3) is 5.91 Å². The quantitative estimate of drug-likeness (QED) is 0.601. The molecule has 7 heteroatoms. The number of likely N-dealkylation sites (tertiary alicyclic amines) is 2. The molecule has 18 heavy (non-hydrogen) atoms. The van der Waals surface area contributed by atoms with Gasteiger partial charge in [0.1, 0.15) is 6.10 Å². The highest BCUT2D eigenvalue weighted by atomic mass is 16.5. The number of carbonyl (C=O) groups excluding carboxylic acids is 2. The first-order chi connectivity index (χ1) is 8.56. The summed E-state index contributed by atoms with van der Waals surface area (Å²) in [7, 11) is 3.24. The number of urea groups is 1. The van der Waals surface area contributed by atoms with Crippen LogP contribution in [0.3, 0.4) is 0 Å². The van der Waals surface area contributed by atoms with Crippen molar-refractivity contribution in [2.45, 2.75) is 12.1 Å². The van der Waals surface area contributed by atoms with Crippen LogP contribution in [0.1, 0.15) is 0 Å². The fraction of sp³-hybridized carbons (Fsp3) is 0.818. The third kappa shape index (κ3) is 2.15. The third-order valence-corrected chi connectivity index (χ3v) is 3.71. The maximum Gasteiger partial charge on any atom is 0.317 e. The van der Waals surface area contributed by atoms with Crippen LogP contribution in [0.2, 0.25) is 0 Å². The summed E-state index contributed by atoms with van der Waals surface area (Å²) in [6.45, 7) is 1.81. The second-order valence-electron chi connectivity index (χ2n) is 4.75. The van der Waals surface area contributed by atoms with E-state index in [0.29, 0.717) is 26.2 Å². The molecule has 2 rings (SSSR count). The van der Waals surface area contributed by atoms with Crippen LogP contribution in [0.5, 0.6) is 0 Å². The largest absolute Gasteiger partial charge is 0.383 e. The first-order valence-corrected chi connectivity index (χ1v) is 6.02. The summed E-state index contributed by atoms with van der Waals surface area (Å²) in [6.07, 6.45) is -0.975. The van der Waals surface area contributed by atoms with Gasteiger partial charge in [0.2, 0.25) is 0 Å². The first-order valence-electron chi connectivity index (χ1n) is 6.02. The summed E-state index contributed by atoms with van der Waals surface area (Å²) in [5, 5.41) is 12.5. The van der Waals surface area contributed by atoms with Crippen LogP contribution in [0.15, 0.2) is 0 Å². The summed E-state index contributed by atoms with van der Waals surface area (Å²) in [6, 6.07) is -0.241. The molecular weight excluding hydrogens is 238 g/mol. The van der Waals surface area contributed by atoms with Gasteiger partial charge in [-0.25, -0.2) is 4.79 Å². The van der Waals surface area contributed by atoms with E-state index in [9.17, 15) is 14.7 Å². The second kappa shape index (κ2) is 5.11. The van der Waals surface area contributed by atoms with Gasteiger partial charge in [0.15, 0.2) is 0 Å². The molecule has 0 unspecified atom stereocenters. The summed E-state index contributed by atoms with van der Waals surface area (Å²) in [4.78, 5) is 26.5. The van der Waals surface area contributed by atoms with Gasteiger partial charge in [0, 0.05) is 39.7 Å². The number of methoxy groups -OCH3 is 1. The van der Waals surface area contributed by atoms with Crippen molar-refractivity contribution in [3.05, 3.63) is 0 Å². The van der Waals surface area contributed by atoms with Crippen LogP contribution in [0.4, 0.5) is 4.79 Å². The zero-order valence-electron chi connectivity index (χ0n) is 10.6. The fourth-order valence-corrected chi connectivity index (χ4v) is 2.62. The van der Waals surface area contributed by atoms with Crippen molar-refractivity contribution in [3.63, 3.8) is 0 Å². The SMILES string of the molecule is COCCNC(=O)N1C[C@@H]2[C@H](O)C(=O)N(C)[C@@H]2C1. The van der Waals surface area contributed by atoms with E-state index < -0.39 is 6.10 Å². The van der Waals surface area contributed by atoms with Gasteiger partial charge in [-0.15, -0.1) is 0 Å². The van der Waals surface area contributed by atoms with E-state index in [4.69, 9.17) is 4.74 Å². The summed E-state index contributed by atoms with van der Waals surface area (Å²) in [5.41, 5.74) is 0. The number of rotatable bonds is 3. The summed E-state index contributed by atoms with van der Waals surface area (Å²) >= 11 is 0. The van der Waals surface area contributed by atoms with Crippen LogP contribution >= 0.6 is 0 Å². The number of nitrogens with one attached hydrogen (secondary N) is 1. The lowest BCUT2D eigenvalue weighted by Crippen LogP contribution is -2.43. The normalized spacial score (nSPS) is 30.8. The van der Waals surface area contributed by atoms with Gasteiger partial charge in [-0.3, -0.25) is 4.79 Å². The van der Waals surface area contributed by atoms with E-state index in [1.54, 1.807) is 19.1 Å². The van der Waals surface area contributed by atoms with Gasteiger partial charge < -0.3 is 25.0 Å². The Kier molecular flexibility index (Phi) is 3.72. The van der Waals surface area contributed by atoms with E-state index in [-0.39, 0.29) is 23.9 Å². The molecule has 0 saturated carbocycles. The van der Waals surface area contributed by atoms with Crippen molar-refractivity contribution in [3.8, 4) is 0 Å². The summed E-state index contributed by atoms with van der Waals surface area (Å²) in [5.74, 6) is -0.417. The van der Waals surface area contributed by atoms with Gasteiger partial charge in [-0.05, 0) is 0 Å². The standard InChI is InChI=1S/C11H19N3O4/c1-13-8-6-14(11(17)12-3-4-18-2)5-7(8)9(15)10(13)16/h7-9,15H,3-6H2,1-2H3,(H,12,17)/t7-,8+,9-/m0/s1. The van der Waals surface area contributed by atoms with Crippen molar-refractivity contribution in [2.24, 2.45) is 5.92 Å². The Labute approximate surface area is 106 Å². The number of aliphatic hydroxyl groups is 1. The molecule has 0 aromatic rings. The van der Waals surface area contributed by atoms with E-state index in [1.165, 1.54) is 4.90 Å². The number of fused-ring (bicyclic) bond motifs is 1. The molecule has 3 atom stereocenters. The van der Waals surface area contributed by atoms with Gasteiger partial charge in [-0.2, -0.15) is 0 Å². The predicted molar refractivity (Wildman–Crippen MR) is 62.9 cm³/mol. The highest BCUT2D eigenvalue weighted by Gasteiger charge is 2.51. The fourth-order valence-electron chi connectivity index (χ4n) is 2.62. The Morgan fingerprint density at radius 1 is 1.56 bits per heavy atom. The minimum Gasteiger partial charge on any atom is -0.383 e. The number of nitrogens with zero attached hydrogens (tertiary/aromatic N) is 2. The van der Waals surface area contributed by atoms with Gasteiger partial charge in [-0.1, -0.05) is 0 Å². The lowest BCUT2D eigenvalue weighted by atomic mass is 10.0.